The van der Waals surface area contributed by atoms with Crippen molar-refractivity contribution in [3.8, 4) is 0 Å². The zero-order chi connectivity index (χ0) is 19.0. The smallest absolute Gasteiger partial charge is 0.348 e. The summed E-state index contributed by atoms with van der Waals surface area (Å²) in [6, 6.07) is 6.93. The van der Waals surface area contributed by atoms with Gasteiger partial charge in [-0.25, -0.2) is 4.79 Å². The topological polar surface area (TPSA) is 146 Å². The summed E-state index contributed by atoms with van der Waals surface area (Å²) >= 11 is 0. The van der Waals surface area contributed by atoms with Crippen LogP contribution in [-0.4, -0.2) is 37.3 Å². The van der Waals surface area contributed by atoms with Crippen molar-refractivity contribution in [2.45, 2.75) is 27.3 Å². The van der Waals surface area contributed by atoms with Crippen LogP contribution in [0.2, 0.25) is 0 Å². The molecule has 0 aliphatic carbocycles. The Morgan fingerprint density at radius 2 is 1.58 bits per heavy atom. The van der Waals surface area contributed by atoms with Crippen LogP contribution in [-0.2, 0) is 25.6 Å². The van der Waals surface area contributed by atoms with Crippen LogP contribution in [0.25, 0.3) is 0 Å². The molecule has 0 saturated heterocycles. The normalized spacial score (nSPS) is 8.50. The van der Waals surface area contributed by atoms with Crippen LogP contribution >= 0.6 is 0 Å². The van der Waals surface area contributed by atoms with E-state index in [2.05, 4.69) is 9.47 Å². The fraction of sp³-hybridized carbons (Fsp3) is 0.375. The van der Waals surface area contributed by atoms with Gasteiger partial charge >= 0.3 is 11.9 Å². The zero-order valence-corrected chi connectivity index (χ0v) is 14.2. The quantitative estimate of drug-likeness (QED) is 0.539. The van der Waals surface area contributed by atoms with Crippen LogP contribution in [0.1, 0.15) is 36.7 Å². The van der Waals surface area contributed by atoms with E-state index in [0.29, 0.717) is 31.5 Å². The predicted octanol–water partition coefficient (Wildman–Crippen LogP) is 1.01. The molecule has 0 aliphatic rings. The van der Waals surface area contributed by atoms with Gasteiger partial charge in [0.1, 0.15) is 6.21 Å². The van der Waals surface area contributed by atoms with Gasteiger partial charge in [-0.3, -0.25) is 9.59 Å². The Labute approximate surface area is 141 Å². The minimum atomic E-state index is -0.581. The second-order valence-corrected chi connectivity index (χ2v) is 4.09. The number of carbonyl (C=O) groups excluding carboxylic acids is 3. The number of carbonyl (C=O) groups is 3. The second-order valence-electron chi connectivity index (χ2n) is 4.09. The van der Waals surface area contributed by atoms with Crippen LogP contribution < -0.4 is 11.5 Å². The fourth-order valence-electron chi connectivity index (χ4n) is 1.19. The molecule has 8 nitrogen and oxygen atoms in total. The van der Waals surface area contributed by atoms with E-state index in [0.717, 1.165) is 5.56 Å². The van der Waals surface area contributed by atoms with E-state index >= 15 is 0 Å². The number of nitrogens with two attached hydrogens (primary N) is 2. The number of nitrogens with one attached hydrogen (secondary N) is 1. The Bertz CT molecular complexity index is 515. The van der Waals surface area contributed by atoms with Gasteiger partial charge in [0.15, 0.2) is 0 Å². The molecule has 1 aromatic carbocycles. The average Bonchev–Trinajstić information content (AvgIpc) is 2.56. The molecular weight excluding hydrogens is 314 g/mol. The van der Waals surface area contributed by atoms with Crippen molar-refractivity contribution in [3.63, 3.8) is 0 Å². The van der Waals surface area contributed by atoms with Gasteiger partial charge in [-0.05, 0) is 31.5 Å². The molecule has 0 aliphatic heterocycles. The highest BCUT2D eigenvalue weighted by Gasteiger charge is 1.97. The van der Waals surface area contributed by atoms with E-state index in [-0.39, 0.29) is 5.97 Å². The molecule has 1 amide bonds. The molecule has 0 heterocycles. The van der Waals surface area contributed by atoms with E-state index in [1.54, 1.807) is 38.1 Å². The highest BCUT2D eigenvalue weighted by Crippen LogP contribution is 2.02. The van der Waals surface area contributed by atoms with Gasteiger partial charge in [-0.1, -0.05) is 12.1 Å². The van der Waals surface area contributed by atoms with Crippen molar-refractivity contribution in [3.05, 3.63) is 35.4 Å². The van der Waals surface area contributed by atoms with E-state index in [4.69, 9.17) is 16.9 Å². The summed E-state index contributed by atoms with van der Waals surface area (Å²) in [7, 11) is 0. The first-order valence-electron chi connectivity index (χ1n) is 7.21. The Hall–Kier alpha value is -2.74. The Balaban J connectivity index is 0. The zero-order valence-electron chi connectivity index (χ0n) is 14.2. The van der Waals surface area contributed by atoms with Crippen molar-refractivity contribution >= 4 is 24.1 Å². The number of benzene rings is 1. The molecule has 1 rings (SSSR count). The van der Waals surface area contributed by atoms with Gasteiger partial charge in [0, 0.05) is 19.0 Å². The van der Waals surface area contributed by atoms with Crippen molar-refractivity contribution in [2.24, 2.45) is 11.5 Å². The van der Waals surface area contributed by atoms with Crippen molar-refractivity contribution < 1.29 is 23.9 Å². The number of primary amides is 1. The Kier molecular flexibility index (Phi) is 14.9. The monoisotopic (exact) mass is 339 g/mol. The van der Waals surface area contributed by atoms with Gasteiger partial charge in [-0.15, -0.1) is 0 Å². The summed E-state index contributed by atoms with van der Waals surface area (Å²) in [6.45, 7) is 6.18. The first kappa shape index (κ1) is 23.5. The largest absolute Gasteiger partial charge is 0.466 e. The van der Waals surface area contributed by atoms with E-state index in [1.165, 1.54) is 6.92 Å². The lowest BCUT2D eigenvalue weighted by Gasteiger charge is -1.96. The van der Waals surface area contributed by atoms with Crippen molar-refractivity contribution in [1.82, 2.24) is 0 Å². The van der Waals surface area contributed by atoms with Crippen LogP contribution in [0.5, 0.6) is 0 Å². The van der Waals surface area contributed by atoms with Crippen LogP contribution in [0.15, 0.2) is 24.3 Å². The van der Waals surface area contributed by atoms with Crippen LogP contribution in [0.3, 0.4) is 0 Å². The number of ether oxygens (including phenoxy) is 2. The molecule has 5 N–H and O–H groups in total. The molecule has 0 spiro atoms. The summed E-state index contributed by atoms with van der Waals surface area (Å²) in [6.07, 6.45) is 0.642. The fourth-order valence-corrected chi connectivity index (χ4v) is 1.19. The SMILES string of the molecule is CCOC(=O)C=N.CCOC(C)=O.NCc1ccc(C(N)=O)cc1. The van der Waals surface area contributed by atoms with Crippen molar-refractivity contribution in [1.29, 1.82) is 5.41 Å². The molecule has 0 bridgehead atoms. The summed E-state index contributed by atoms with van der Waals surface area (Å²) < 4.78 is 8.71. The van der Waals surface area contributed by atoms with Gasteiger partial charge in [0.05, 0.1) is 13.2 Å². The predicted molar refractivity (Wildman–Crippen MR) is 90.6 cm³/mol. The molecule has 0 aromatic heterocycles. The maximum Gasteiger partial charge on any atom is 0.348 e. The summed E-state index contributed by atoms with van der Waals surface area (Å²) in [4.78, 5) is 30.4. The van der Waals surface area contributed by atoms with E-state index in [9.17, 15) is 14.4 Å². The lowest BCUT2D eigenvalue weighted by molar-refractivity contribution is -0.140. The van der Waals surface area contributed by atoms with E-state index in [1.807, 2.05) is 0 Å². The van der Waals surface area contributed by atoms with Gasteiger partial charge in [-0.2, -0.15) is 0 Å². The number of hydrogen-bond acceptors (Lipinski definition) is 7. The standard InChI is InChI=1S/C8H10N2O.C4H7NO2.C4H8O2/c9-5-6-1-3-7(4-2-6)8(10)11;1-2-7-4(6)3-5;1-3-6-4(2)5/h1-4H,5,9H2,(H2,10,11);3,5H,2H2,1H3;3H2,1-2H3. The third kappa shape index (κ3) is 14.2. The number of amides is 1. The minimum absolute atomic E-state index is 0.211. The van der Waals surface area contributed by atoms with Crippen LogP contribution in [0.4, 0.5) is 0 Å². The summed E-state index contributed by atoms with van der Waals surface area (Å²) in [5.41, 5.74) is 11.9. The minimum Gasteiger partial charge on any atom is -0.466 e. The van der Waals surface area contributed by atoms with Gasteiger partial charge in [0.25, 0.3) is 0 Å². The average molecular weight is 339 g/mol. The van der Waals surface area contributed by atoms with Gasteiger partial charge in [0.2, 0.25) is 5.91 Å². The molecule has 0 atom stereocenters. The maximum atomic E-state index is 10.6. The first-order chi connectivity index (χ1) is 11.3. The second kappa shape index (κ2) is 15.2. The Morgan fingerprint density at radius 1 is 1.08 bits per heavy atom. The molecule has 0 fully saturated rings. The molecule has 0 radical (unpaired) electrons. The third-order valence-electron chi connectivity index (χ3n) is 2.23. The number of esters is 2. The lowest BCUT2D eigenvalue weighted by atomic mass is 10.1. The molecule has 0 saturated carbocycles. The summed E-state index contributed by atoms with van der Waals surface area (Å²) in [5, 5.41) is 6.31. The third-order valence-corrected chi connectivity index (χ3v) is 2.23. The summed E-state index contributed by atoms with van der Waals surface area (Å²) in [5.74, 6) is -1.20. The molecule has 8 heteroatoms. The molecule has 134 valence electrons. The molecule has 1 aromatic rings. The highest BCUT2D eigenvalue weighted by atomic mass is 16.5. The van der Waals surface area contributed by atoms with Gasteiger partial charge < -0.3 is 26.4 Å². The number of rotatable bonds is 5. The molecule has 24 heavy (non-hydrogen) atoms. The molecular formula is C16H25N3O5. The lowest BCUT2D eigenvalue weighted by Crippen LogP contribution is -2.10. The van der Waals surface area contributed by atoms with E-state index < -0.39 is 11.9 Å². The highest BCUT2D eigenvalue weighted by molar-refractivity contribution is 6.21. The Morgan fingerprint density at radius 3 is 1.79 bits per heavy atom. The maximum absolute atomic E-state index is 10.6. The number of hydrogen-bond donors (Lipinski definition) is 3. The van der Waals surface area contributed by atoms with Crippen LogP contribution in [0, 0.1) is 5.41 Å². The molecule has 0 unspecified atom stereocenters. The van der Waals surface area contributed by atoms with Crippen molar-refractivity contribution in [2.75, 3.05) is 13.2 Å². The first-order valence-corrected chi connectivity index (χ1v) is 7.21.